The van der Waals surface area contributed by atoms with Gasteiger partial charge in [0.2, 0.25) is 0 Å². The van der Waals surface area contributed by atoms with Crippen molar-refractivity contribution >= 4 is 32.8 Å². The maximum Gasteiger partial charge on any atom is 0.164 e. The maximum atomic E-state index is 10.1. The standard InChI is InChI=1S/C11H14BrN5O/c1-11(18)3-4-17(5-11)10-7-8(12)15-16(2)9(7)13-6-14-10/h6,18H,3-5H2,1-2H3. The lowest BCUT2D eigenvalue weighted by molar-refractivity contribution is 0.0839. The molecule has 0 radical (unpaired) electrons. The minimum atomic E-state index is -0.647. The number of aromatic nitrogens is 4. The van der Waals surface area contributed by atoms with E-state index in [1.165, 1.54) is 0 Å². The molecule has 3 heterocycles. The van der Waals surface area contributed by atoms with Gasteiger partial charge in [-0.2, -0.15) is 5.10 Å². The number of hydrogen-bond acceptors (Lipinski definition) is 5. The molecule has 0 saturated carbocycles. The number of hydrogen-bond donors (Lipinski definition) is 1. The number of fused-ring (bicyclic) bond motifs is 1. The third-order valence-corrected chi connectivity index (χ3v) is 3.86. The Balaban J connectivity index is 2.13. The van der Waals surface area contributed by atoms with Crippen LogP contribution in [0.1, 0.15) is 13.3 Å². The molecule has 3 rings (SSSR count). The van der Waals surface area contributed by atoms with E-state index in [0.717, 1.165) is 34.4 Å². The fourth-order valence-electron chi connectivity index (χ4n) is 2.39. The summed E-state index contributed by atoms with van der Waals surface area (Å²) in [4.78, 5) is 10.7. The lowest BCUT2D eigenvalue weighted by Gasteiger charge is -2.20. The van der Waals surface area contributed by atoms with E-state index in [9.17, 15) is 5.11 Å². The number of rotatable bonds is 1. The Bertz CT molecular complexity index is 609. The monoisotopic (exact) mass is 311 g/mol. The van der Waals surface area contributed by atoms with Gasteiger partial charge in [0, 0.05) is 20.1 Å². The van der Waals surface area contributed by atoms with E-state index in [0.29, 0.717) is 6.54 Å². The van der Waals surface area contributed by atoms with E-state index in [1.807, 2.05) is 14.0 Å². The van der Waals surface area contributed by atoms with Gasteiger partial charge in [-0.25, -0.2) is 14.6 Å². The minimum absolute atomic E-state index is 0.584. The van der Waals surface area contributed by atoms with Crippen molar-refractivity contribution in [3.63, 3.8) is 0 Å². The molecular weight excluding hydrogens is 298 g/mol. The van der Waals surface area contributed by atoms with Crippen LogP contribution in [0.3, 0.4) is 0 Å². The summed E-state index contributed by atoms with van der Waals surface area (Å²) in [7, 11) is 1.85. The Morgan fingerprint density at radius 1 is 1.44 bits per heavy atom. The molecule has 2 aromatic rings. The van der Waals surface area contributed by atoms with E-state index in [-0.39, 0.29) is 0 Å². The second-order valence-corrected chi connectivity index (χ2v) is 5.73. The van der Waals surface area contributed by atoms with Gasteiger partial charge in [0.25, 0.3) is 0 Å². The quantitative estimate of drug-likeness (QED) is 0.854. The van der Waals surface area contributed by atoms with Gasteiger partial charge in [0.1, 0.15) is 16.7 Å². The van der Waals surface area contributed by atoms with Crippen LogP contribution in [0.5, 0.6) is 0 Å². The van der Waals surface area contributed by atoms with Crippen LogP contribution in [0.25, 0.3) is 11.0 Å². The SMILES string of the molecule is Cn1nc(Br)c2c(N3CCC(C)(O)C3)ncnc21. The molecule has 18 heavy (non-hydrogen) atoms. The highest BCUT2D eigenvalue weighted by molar-refractivity contribution is 9.10. The highest BCUT2D eigenvalue weighted by Crippen LogP contribution is 2.33. The molecule has 0 bridgehead atoms. The number of nitrogens with zero attached hydrogens (tertiary/aromatic N) is 5. The van der Waals surface area contributed by atoms with Crippen molar-refractivity contribution in [3.05, 3.63) is 10.9 Å². The molecular formula is C11H14BrN5O. The van der Waals surface area contributed by atoms with Crippen molar-refractivity contribution in [3.8, 4) is 0 Å². The smallest absolute Gasteiger partial charge is 0.164 e. The lowest BCUT2D eigenvalue weighted by Crippen LogP contribution is -2.30. The molecule has 1 atom stereocenters. The van der Waals surface area contributed by atoms with Crippen molar-refractivity contribution in [2.75, 3.05) is 18.0 Å². The van der Waals surface area contributed by atoms with Crippen molar-refractivity contribution in [1.29, 1.82) is 0 Å². The molecule has 96 valence electrons. The third-order valence-electron chi connectivity index (χ3n) is 3.31. The fraction of sp³-hybridized carbons (Fsp3) is 0.545. The highest BCUT2D eigenvalue weighted by Gasteiger charge is 2.33. The van der Waals surface area contributed by atoms with E-state index in [2.05, 4.69) is 35.9 Å². The van der Waals surface area contributed by atoms with Crippen LogP contribution in [-0.4, -0.2) is 43.5 Å². The molecule has 2 aromatic heterocycles. The van der Waals surface area contributed by atoms with Gasteiger partial charge in [0.05, 0.1) is 11.0 Å². The van der Waals surface area contributed by atoms with Crippen molar-refractivity contribution in [2.24, 2.45) is 7.05 Å². The minimum Gasteiger partial charge on any atom is -0.388 e. The molecule has 0 amide bonds. The average molecular weight is 312 g/mol. The summed E-state index contributed by atoms with van der Waals surface area (Å²) < 4.78 is 2.46. The number of aliphatic hydroxyl groups is 1. The second kappa shape index (κ2) is 3.89. The van der Waals surface area contributed by atoms with Gasteiger partial charge in [0.15, 0.2) is 5.65 Å². The molecule has 0 aliphatic carbocycles. The lowest BCUT2D eigenvalue weighted by atomic mass is 10.1. The summed E-state index contributed by atoms with van der Waals surface area (Å²) in [5.74, 6) is 0.831. The zero-order chi connectivity index (χ0) is 12.9. The molecule has 0 spiro atoms. The van der Waals surface area contributed by atoms with Crippen LogP contribution in [0.4, 0.5) is 5.82 Å². The number of halogens is 1. The molecule has 6 nitrogen and oxygen atoms in total. The largest absolute Gasteiger partial charge is 0.388 e. The first-order valence-electron chi connectivity index (χ1n) is 5.78. The number of β-amino-alcohol motifs (C(OH)–C–C–N with tert-alkyl or cyclic N) is 1. The van der Waals surface area contributed by atoms with Crippen LogP contribution in [0.15, 0.2) is 10.9 Å². The Morgan fingerprint density at radius 2 is 2.22 bits per heavy atom. The molecule has 7 heteroatoms. The molecule has 1 N–H and O–H groups in total. The van der Waals surface area contributed by atoms with Crippen LogP contribution in [-0.2, 0) is 7.05 Å². The Morgan fingerprint density at radius 3 is 2.89 bits per heavy atom. The molecule has 1 aliphatic rings. The van der Waals surface area contributed by atoms with Gasteiger partial charge in [-0.05, 0) is 29.3 Å². The van der Waals surface area contributed by atoms with Crippen LogP contribution in [0.2, 0.25) is 0 Å². The Kier molecular flexibility index (Phi) is 2.56. The maximum absolute atomic E-state index is 10.1. The highest BCUT2D eigenvalue weighted by atomic mass is 79.9. The van der Waals surface area contributed by atoms with Crippen molar-refractivity contribution < 1.29 is 5.11 Å². The van der Waals surface area contributed by atoms with Crippen molar-refractivity contribution in [2.45, 2.75) is 18.9 Å². The van der Waals surface area contributed by atoms with Gasteiger partial charge < -0.3 is 10.0 Å². The first-order valence-corrected chi connectivity index (χ1v) is 6.58. The number of anilines is 1. The second-order valence-electron chi connectivity index (χ2n) is 4.98. The Hall–Kier alpha value is -1.21. The molecule has 1 unspecified atom stereocenters. The fourth-order valence-corrected chi connectivity index (χ4v) is 2.98. The van der Waals surface area contributed by atoms with Crippen LogP contribution >= 0.6 is 15.9 Å². The van der Waals surface area contributed by atoms with E-state index in [4.69, 9.17) is 0 Å². The van der Waals surface area contributed by atoms with Gasteiger partial charge in [-0.1, -0.05) is 0 Å². The van der Waals surface area contributed by atoms with Crippen LogP contribution < -0.4 is 4.90 Å². The number of aryl methyl sites for hydroxylation is 1. The summed E-state index contributed by atoms with van der Waals surface area (Å²) in [5.41, 5.74) is 0.143. The first kappa shape index (κ1) is 11.9. The molecule has 1 fully saturated rings. The summed E-state index contributed by atoms with van der Waals surface area (Å²) >= 11 is 3.44. The van der Waals surface area contributed by atoms with E-state index >= 15 is 0 Å². The van der Waals surface area contributed by atoms with E-state index < -0.39 is 5.60 Å². The molecule has 1 saturated heterocycles. The summed E-state index contributed by atoms with van der Waals surface area (Å²) in [6.45, 7) is 3.23. The summed E-state index contributed by atoms with van der Waals surface area (Å²) in [5, 5.41) is 15.3. The van der Waals surface area contributed by atoms with E-state index in [1.54, 1.807) is 11.0 Å². The van der Waals surface area contributed by atoms with Crippen LogP contribution in [0, 0.1) is 0 Å². The predicted octanol–water partition coefficient (Wildman–Crippen LogP) is 1.09. The average Bonchev–Trinajstić information content (AvgIpc) is 2.81. The van der Waals surface area contributed by atoms with Gasteiger partial charge >= 0.3 is 0 Å². The molecule has 1 aliphatic heterocycles. The zero-order valence-corrected chi connectivity index (χ0v) is 11.8. The molecule has 0 aromatic carbocycles. The zero-order valence-electron chi connectivity index (χ0n) is 10.3. The van der Waals surface area contributed by atoms with Gasteiger partial charge in [-0.3, -0.25) is 0 Å². The predicted molar refractivity (Wildman–Crippen MR) is 71.5 cm³/mol. The summed E-state index contributed by atoms with van der Waals surface area (Å²) in [6.07, 6.45) is 2.29. The Labute approximate surface area is 113 Å². The van der Waals surface area contributed by atoms with Gasteiger partial charge in [-0.15, -0.1) is 0 Å². The summed E-state index contributed by atoms with van der Waals surface area (Å²) in [6, 6.07) is 0. The van der Waals surface area contributed by atoms with Crippen molar-refractivity contribution in [1.82, 2.24) is 19.7 Å². The third kappa shape index (κ3) is 1.78. The first-order chi connectivity index (χ1) is 8.48. The topological polar surface area (TPSA) is 67.1 Å². The normalized spacial score (nSPS) is 24.1.